The topological polar surface area (TPSA) is 662 Å². The molecule has 4 bridgehead atoms. The third-order valence-electron chi connectivity index (χ3n) is 21.3. The molecule has 42 nitrogen and oxygen atoms in total. The number of nitrogens with one attached hydrogen (secondary N) is 13. The van der Waals surface area contributed by atoms with Gasteiger partial charge in [-0.15, -0.1) is 0 Å². The van der Waals surface area contributed by atoms with Crippen LogP contribution in [0.4, 0.5) is 0 Å². The van der Waals surface area contributed by atoms with Gasteiger partial charge in [0, 0.05) is 60.6 Å². The normalized spacial score (nSPS) is 20.8. The predicted octanol–water partition coefficient (Wildman–Crippen LogP) is -0.621. The number of rotatable bonds is 36. The Labute approximate surface area is 789 Å². The van der Waals surface area contributed by atoms with Crippen molar-refractivity contribution in [3.8, 4) is 23.0 Å². The fraction of sp³-hybridized carbons (Fsp3) is 0.478. The number of aldehydes is 1. The first-order valence-electron chi connectivity index (χ1n) is 43.4. The molecular weight excluding hydrogens is 1820 g/mol. The number of phenolic OH excluding ortho intramolecular Hbond substituents is 1. The predicted molar refractivity (Wildman–Crippen MR) is 495 cm³/mol. The van der Waals surface area contributed by atoms with Crippen LogP contribution in [0.2, 0.25) is 0 Å². The number of ether oxygens (including phenoxy) is 3. The molecule has 22 N–H and O–H groups in total. The summed E-state index contributed by atoms with van der Waals surface area (Å²) in [5, 5.41) is 84.0. The highest BCUT2D eigenvalue weighted by Gasteiger charge is 2.45. The number of hydrogen-bond donors (Lipinski definition) is 20. The highest BCUT2D eigenvalue weighted by Crippen LogP contribution is 2.31. The molecule has 15 atom stereocenters. The van der Waals surface area contributed by atoms with Crippen molar-refractivity contribution in [3.05, 3.63) is 132 Å². The van der Waals surface area contributed by atoms with E-state index >= 15 is 4.79 Å². The number of carboxylic acid groups (broad SMARTS) is 4. The fourth-order valence-electron chi connectivity index (χ4n) is 14.0. The first kappa shape index (κ1) is 109. The molecule has 2 aliphatic rings. The minimum Gasteiger partial charge on any atom is -0.508 e. The van der Waals surface area contributed by atoms with Crippen molar-refractivity contribution in [2.75, 3.05) is 61.4 Å². The Morgan fingerprint density at radius 2 is 1.16 bits per heavy atom. The van der Waals surface area contributed by atoms with E-state index in [-0.39, 0.29) is 91.4 Å². The van der Waals surface area contributed by atoms with Crippen molar-refractivity contribution in [1.82, 2.24) is 69.1 Å². The van der Waals surface area contributed by atoms with Gasteiger partial charge in [-0.05, 0) is 115 Å². The Balaban J connectivity index is 1.09. The summed E-state index contributed by atoms with van der Waals surface area (Å²) in [6, 6.07) is 9.63. The van der Waals surface area contributed by atoms with Gasteiger partial charge < -0.3 is 125 Å². The summed E-state index contributed by atoms with van der Waals surface area (Å²) in [5.74, 6) is -22.5. The van der Waals surface area contributed by atoms with E-state index in [0.717, 1.165) is 17.3 Å². The zero-order valence-electron chi connectivity index (χ0n) is 75.2. The van der Waals surface area contributed by atoms with E-state index in [9.17, 15) is 112 Å². The molecule has 0 spiro atoms. The summed E-state index contributed by atoms with van der Waals surface area (Å²) in [6.45, 7) is 7.79. The van der Waals surface area contributed by atoms with Crippen LogP contribution in [0.5, 0.6) is 23.0 Å². The molecule has 1 saturated heterocycles. The second-order valence-electron chi connectivity index (χ2n) is 33.3. The van der Waals surface area contributed by atoms with Crippen molar-refractivity contribution in [1.29, 1.82) is 0 Å². The van der Waals surface area contributed by atoms with E-state index in [1.165, 1.54) is 54.7 Å². The second kappa shape index (κ2) is 54.2. The summed E-state index contributed by atoms with van der Waals surface area (Å²) < 4.78 is 18.6. The smallest absolute Gasteiger partial charge is 0.309 e. The average molecular weight is 1940 g/mol. The molecule has 45 heteroatoms. The Bertz CT molecular complexity index is 5030. The molecule has 1 fully saturated rings. The van der Waals surface area contributed by atoms with E-state index in [4.69, 9.17) is 25.7 Å². The van der Waals surface area contributed by atoms with Crippen molar-refractivity contribution < 1.29 is 131 Å². The summed E-state index contributed by atoms with van der Waals surface area (Å²) in [7, 11) is 1.56. The number of carbonyl (C=O) groups excluding carboxylic acids is 15. The Kier molecular flexibility index (Phi) is 43.6. The zero-order valence-corrected chi connectivity index (χ0v) is 77.6. The number of phenols is 1. The maximum Gasteiger partial charge on any atom is 0.309 e. The number of nitrogens with two attached hydrogens (primary N) is 2. The summed E-state index contributed by atoms with van der Waals surface area (Å²) in [6.07, 6.45) is -4.77. The van der Waals surface area contributed by atoms with Gasteiger partial charge in [0.2, 0.25) is 82.7 Å². The summed E-state index contributed by atoms with van der Waals surface area (Å²) >= 11 is 3.65. The first-order chi connectivity index (χ1) is 64.1. The number of aliphatic carboxylic acids is 4. The molecule has 7 rings (SSSR count). The average Bonchev–Trinajstić information content (AvgIpc) is 1.59. The van der Waals surface area contributed by atoms with Crippen LogP contribution in [-0.4, -0.2) is 278 Å². The van der Waals surface area contributed by atoms with Crippen LogP contribution in [0, 0.1) is 17.3 Å². The Morgan fingerprint density at radius 3 is 1.79 bits per heavy atom. The van der Waals surface area contributed by atoms with Gasteiger partial charge >= 0.3 is 23.9 Å². The third-order valence-corrected chi connectivity index (χ3v) is 24.9. The number of carboxylic acids is 4. The molecule has 5 aromatic rings. The number of hydrogen-bond acceptors (Lipinski definition) is 27. The first-order valence-corrected chi connectivity index (χ1v) is 46.8. The van der Waals surface area contributed by atoms with Gasteiger partial charge in [-0.3, -0.25) is 86.3 Å². The number of likely N-dealkylation sites (N-methyl/N-ethyl adjacent to an activating group) is 1. The van der Waals surface area contributed by atoms with E-state index in [0.29, 0.717) is 46.2 Å². The minimum atomic E-state index is -2.26. The van der Waals surface area contributed by atoms with Gasteiger partial charge in [-0.2, -0.15) is 35.3 Å². The van der Waals surface area contributed by atoms with Gasteiger partial charge in [0.05, 0.1) is 57.1 Å². The lowest BCUT2D eigenvalue weighted by Gasteiger charge is -2.33. The molecule has 0 aliphatic carbocycles. The van der Waals surface area contributed by atoms with Crippen LogP contribution < -0.4 is 94.8 Å². The molecule has 732 valence electrons. The largest absolute Gasteiger partial charge is 0.508 e. The molecule has 14 amide bonds. The van der Waals surface area contributed by atoms with Gasteiger partial charge in [0.15, 0.2) is 0 Å². The molecular formula is C90H117N15O27S3. The third kappa shape index (κ3) is 36.6. The highest BCUT2D eigenvalue weighted by molar-refractivity contribution is 7.99. The maximum atomic E-state index is 15.2. The van der Waals surface area contributed by atoms with Crippen LogP contribution in [0.15, 0.2) is 115 Å². The number of aromatic hydroxyl groups is 1. The minimum absolute atomic E-state index is 0.0179. The number of benzene rings is 5. The number of thioether (sulfide) groups is 3. The second-order valence-corrected chi connectivity index (χ2v) is 36.7. The fourth-order valence-corrected chi connectivity index (χ4v) is 17.0. The lowest BCUT2D eigenvalue weighted by molar-refractivity contribution is -0.147. The van der Waals surface area contributed by atoms with Gasteiger partial charge in [0.1, 0.15) is 95.7 Å². The zero-order chi connectivity index (χ0) is 99.2. The standard InChI is InChI=1S/C90H117N15O27S3/c1-48-45-133-31-13-28-130-56-38-57(131-29-14-32-134-46-68(76(92)115)102-88(127)75(90(3,4)5)105-85(124)67(43-73(113)114)101-82(121)63(35-51-22-24-55(107)25-23-51)98-80(119)62(93-6)34-50-16-8-7-9-17-50)40-58(39-56)132-30-15-33-135-47-69-86(125)100-65(81(120)95-54(44-106)37-72(111)112)41-60(89(128)129)74(87(126)103-69)104-84(123)64(36-53-20-12-19-52-18-10-11-21-59(52)53)99-79(118)61(26-27-71(109)110)96-83(122)66(42-70(91)108)97-78(117)49(2)94-77(48)116/h7-12,16-25,38-40,44,48-49,54,60-69,74-75,93,107H,13-15,26-37,41-43,45-47H2,1-6H3,(H2,91,108)(H2,92,115)(H,94,116)(H,95,120)(H,96,122)(H,97,117)(H,98,119)(H,99,118)(H,100,125)(H,101,121)(H,102,127)(H,103,126)(H,104,123)(H,105,124)(H,109,110)(H,111,112)(H,113,114)(H,128,129)/t48-,49+,54-,60?,61-,62-,63-,64-,65-,66-,67-,68-,69-,74+,75+/m0/s1. The molecule has 0 radical (unpaired) electrons. The van der Waals surface area contributed by atoms with E-state index in [1.54, 1.807) is 108 Å². The molecule has 2 aliphatic heterocycles. The molecule has 2 heterocycles. The molecule has 1 unspecified atom stereocenters. The molecule has 5 aromatic carbocycles. The SMILES string of the molecule is CN[C@@H](Cc1ccccc1)C(=O)N[C@@H](Cc1ccc(O)cc1)C(=O)N[C@@H](CC(=O)O)C(=O)N[C@H](C(=O)N[C@@H](CSCCCOc1cc2cc(c1)OCCCSC[C@H](C)C(=O)N[C@H](C)C(=O)N[C@@H](CC(N)=O)C(=O)N[C@@H](CCC(=O)O)C(=O)N[C@@H](Cc1cccc3ccccc13)C(=O)N[C@H]1C(=O)N[C@@H](CSCCCO2)C(=O)N[C@H](C(=O)N[C@H](C=O)CC(=O)O)CC1C(=O)O)C(N)=O)C(C)(C)C. The molecule has 0 saturated carbocycles. The van der Waals surface area contributed by atoms with E-state index in [2.05, 4.69) is 69.1 Å². The summed E-state index contributed by atoms with van der Waals surface area (Å²) in [5.41, 5.74) is 11.9. The van der Waals surface area contributed by atoms with Gasteiger partial charge in [-0.1, -0.05) is 113 Å². The Hall–Kier alpha value is -13.3. The lowest BCUT2D eigenvalue weighted by atomic mass is 9.85. The van der Waals surface area contributed by atoms with Crippen molar-refractivity contribution in [2.45, 2.75) is 190 Å². The van der Waals surface area contributed by atoms with Crippen LogP contribution >= 0.6 is 35.3 Å². The molecule has 135 heavy (non-hydrogen) atoms. The number of primary amides is 2. The monoisotopic (exact) mass is 1940 g/mol. The number of carbonyl (C=O) groups is 19. The van der Waals surface area contributed by atoms with Gasteiger partial charge in [0.25, 0.3) is 0 Å². The van der Waals surface area contributed by atoms with Crippen LogP contribution in [0.25, 0.3) is 10.8 Å². The highest BCUT2D eigenvalue weighted by atomic mass is 32.2. The van der Waals surface area contributed by atoms with Gasteiger partial charge in [-0.25, -0.2) is 0 Å². The summed E-state index contributed by atoms with van der Waals surface area (Å²) in [4.78, 5) is 259. The maximum absolute atomic E-state index is 15.2. The van der Waals surface area contributed by atoms with Crippen molar-refractivity contribution in [3.63, 3.8) is 0 Å². The molecule has 0 aromatic heterocycles. The van der Waals surface area contributed by atoms with Crippen LogP contribution in [0.3, 0.4) is 0 Å². The van der Waals surface area contributed by atoms with Crippen LogP contribution in [0.1, 0.15) is 109 Å². The van der Waals surface area contributed by atoms with Crippen LogP contribution in [-0.2, 0) is 110 Å². The van der Waals surface area contributed by atoms with E-state index < -0.39 is 247 Å². The number of fused-ring (bicyclic) bond motifs is 6. The lowest BCUT2D eigenvalue weighted by Crippen LogP contribution is -2.62. The Morgan fingerprint density at radius 1 is 0.585 bits per heavy atom. The quantitative estimate of drug-likeness (QED) is 0.0175. The van der Waals surface area contributed by atoms with Crippen molar-refractivity contribution >= 4 is 159 Å². The van der Waals surface area contributed by atoms with E-state index in [1.807, 2.05) is 18.2 Å². The number of amides is 14. The van der Waals surface area contributed by atoms with Crippen molar-refractivity contribution in [2.24, 2.45) is 28.7 Å².